The van der Waals surface area contributed by atoms with E-state index in [1.807, 2.05) is 6.92 Å². The molecule has 0 aliphatic heterocycles. The first-order valence-corrected chi connectivity index (χ1v) is 12.0. The van der Waals surface area contributed by atoms with Gasteiger partial charge in [0.05, 0.1) is 6.10 Å². The molecule has 0 spiro atoms. The Kier molecular flexibility index (Phi) is 4.54. The van der Waals surface area contributed by atoms with Crippen molar-refractivity contribution in [2.45, 2.75) is 111 Å². The first kappa shape index (κ1) is 16.4. The molecule has 4 aliphatic rings. The molecule has 1 nitrogen and oxygen atoms in total. The third-order valence-electron chi connectivity index (χ3n) is 9.30. The molecule has 0 heterocycles. The fourth-order valence-corrected chi connectivity index (χ4v) is 7.61. The summed E-state index contributed by atoms with van der Waals surface area (Å²) in [6, 6.07) is 0. The van der Waals surface area contributed by atoms with Crippen molar-refractivity contribution in [2.75, 3.05) is 0 Å². The zero-order valence-electron chi connectivity index (χ0n) is 22.9. The number of hydrogen-bond acceptors (Lipinski definition) is 1. The maximum absolute atomic E-state index is 10.4. The third kappa shape index (κ3) is 3.42. The molecule has 11 atom stereocenters. The highest BCUT2D eigenvalue weighted by atomic mass is 16.3. The summed E-state index contributed by atoms with van der Waals surface area (Å²) < 4.78 is 35.7. The molecule has 3 unspecified atom stereocenters. The van der Waals surface area contributed by atoms with Crippen LogP contribution in [-0.2, 0) is 0 Å². The zero-order chi connectivity index (χ0) is 23.6. The van der Waals surface area contributed by atoms with Gasteiger partial charge in [0.2, 0.25) is 0 Å². The Morgan fingerprint density at radius 2 is 1.89 bits per heavy atom. The van der Waals surface area contributed by atoms with Gasteiger partial charge in [-0.25, -0.2) is 0 Å². The largest absolute Gasteiger partial charge is 0.393 e. The normalized spacial score (nSPS) is 59.1. The van der Waals surface area contributed by atoms with Crippen molar-refractivity contribution >= 4 is 0 Å². The minimum Gasteiger partial charge on any atom is -0.393 e. The van der Waals surface area contributed by atoms with Crippen LogP contribution in [0.3, 0.4) is 0 Å². The number of rotatable bonds is 5. The molecule has 160 valence electrons. The SMILES string of the molecule is [2H]C1C(O)C[C@]2([2H])[C@@H]([2H])C=C3[C@@H]4CC[C@H]([C@H](C)CCCC(C)C)[C@@]4(C)CC[C@@H]3[C@@]2(C)C1[2H]. The molecule has 0 bridgehead atoms. The highest BCUT2D eigenvalue weighted by Crippen LogP contribution is 2.66. The summed E-state index contributed by atoms with van der Waals surface area (Å²) in [5.74, 6) is 1.58. The van der Waals surface area contributed by atoms with Crippen LogP contribution in [0.15, 0.2) is 11.6 Å². The van der Waals surface area contributed by atoms with Crippen molar-refractivity contribution in [3.63, 3.8) is 0 Å². The number of allylic oxidation sites excluding steroid dienone is 2. The van der Waals surface area contributed by atoms with Crippen molar-refractivity contribution < 1.29 is 10.6 Å². The van der Waals surface area contributed by atoms with Crippen LogP contribution in [-0.4, -0.2) is 11.2 Å². The highest BCUT2D eigenvalue weighted by molar-refractivity contribution is 5.27. The Morgan fingerprint density at radius 1 is 1.14 bits per heavy atom. The molecule has 0 amide bonds. The molecule has 3 saturated carbocycles. The van der Waals surface area contributed by atoms with Gasteiger partial charge in [0.1, 0.15) is 0 Å². The molecule has 1 N–H and O–H groups in total. The maximum atomic E-state index is 10.4. The lowest BCUT2D eigenvalue weighted by molar-refractivity contribution is -0.0427. The molecule has 0 aromatic carbocycles. The Bertz CT molecular complexity index is 739. The van der Waals surface area contributed by atoms with Gasteiger partial charge in [-0.3, -0.25) is 0 Å². The monoisotopic (exact) mass is 390 g/mol. The van der Waals surface area contributed by atoms with Crippen LogP contribution < -0.4 is 0 Å². The van der Waals surface area contributed by atoms with Crippen molar-refractivity contribution in [3.05, 3.63) is 11.6 Å². The Hall–Kier alpha value is -0.300. The van der Waals surface area contributed by atoms with Crippen LogP contribution in [0.5, 0.6) is 0 Å². The van der Waals surface area contributed by atoms with E-state index in [-0.39, 0.29) is 17.8 Å². The number of hydrogen-bond donors (Lipinski definition) is 1. The molecule has 0 aromatic heterocycles. The van der Waals surface area contributed by atoms with Gasteiger partial charge in [-0.15, -0.1) is 0 Å². The molecule has 28 heavy (non-hydrogen) atoms. The number of aliphatic hydroxyl groups is 1. The second-order valence-electron chi connectivity index (χ2n) is 11.4. The average Bonchev–Trinajstić information content (AvgIpc) is 3.07. The van der Waals surface area contributed by atoms with Crippen LogP contribution >= 0.6 is 0 Å². The molecular formula is C27H46O. The Labute approximate surface area is 180 Å². The van der Waals surface area contributed by atoms with Gasteiger partial charge in [-0.05, 0) is 97.6 Å². The van der Waals surface area contributed by atoms with Gasteiger partial charge < -0.3 is 5.11 Å². The summed E-state index contributed by atoms with van der Waals surface area (Å²) in [5, 5.41) is 10.4. The van der Waals surface area contributed by atoms with Crippen molar-refractivity contribution in [3.8, 4) is 0 Å². The second kappa shape index (κ2) is 7.75. The molecule has 0 aromatic rings. The minimum absolute atomic E-state index is 0.109. The van der Waals surface area contributed by atoms with E-state index in [0.717, 1.165) is 18.8 Å². The summed E-state index contributed by atoms with van der Waals surface area (Å²) in [6.45, 7) is 11.6. The lowest BCUT2D eigenvalue weighted by Crippen LogP contribution is -2.49. The van der Waals surface area contributed by atoms with E-state index >= 15 is 0 Å². The number of fused-ring (bicyclic) bond motifs is 5. The van der Waals surface area contributed by atoms with E-state index in [0.29, 0.717) is 17.8 Å². The van der Waals surface area contributed by atoms with Crippen LogP contribution in [0.1, 0.15) is 111 Å². The zero-order valence-corrected chi connectivity index (χ0v) is 18.9. The average molecular weight is 391 g/mol. The summed E-state index contributed by atoms with van der Waals surface area (Å²) >= 11 is 0. The van der Waals surface area contributed by atoms with E-state index in [9.17, 15) is 6.48 Å². The van der Waals surface area contributed by atoms with Crippen LogP contribution in [0, 0.1) is 46.3 Å². The quantitative estimate of drug-likeness (QED) is 0.485. The van der Waals surface area contributed by atoms with Gasteiger partial charge in [-0.1, -0.05) is 65.5 Å². The van der Waals surface area contributed by atoms with Gasteiger partial charge >= 0.3 is 0 Å². The molecule has 1 heteroatoms. The first-order chi connectivity index (χ1) is 14.9. The van der Waals surface area contributed by atoms with Crippen molar-refractivity contribution in [1.29, 1.82) is 0 Å². The lowest BCUT2D eigenvalue weighted by atomic mass is 9.47. The maximum Gasteiger partial charge on any atom is 0.0543 e. The van der Waals surface area contributed by atoms with Crippen LogP contribution in [0.2, 0.25) is 0 Å². The van der Waals surface area contributed by atoms with Gasteiger partial charge in [0, 0.05) is 5.48 Å². The molecular weight excluding hydrogens is 340 g/mol. The number of aliphatic hydroxyl groups excluding tert-OH is 1. The predicted molar refractivity (Wildman–Crippen MR) is 119 cm³/mol. The topological polar surface area (TPSA) is 20.2 Å². The summed E-state index contributed by atoms with van der Waals surface area (Å²) in [6.07, 6.45) is 7.28. The summed E-state index contributed by atoms with van der Waals surface area (Å²) in [7, 11) is 0. The first-order valence-electron chi connectivity index (χ1n) is 14.3. The van der Waals surface area contributed by atoms with Crippen LogP contribution in [0.4, 0.5) is 0 Å². The van der Waals surface area contributed by atoms with E-state index in [1.54, 1.807) is 0 Å². The fourth-order valence-electron chi connectivity index (χ4n) is 7.61. The van der Waals surface area contributed by atoms with E-state index in [2.05, 4.69) is 33.8 Å². The molecule has 4 rings (SSSR count). The van der Waals surface area contributed by atoms with E-state index in [1.165, 1.54) is 37.7 Å². The fraction of sp³-hybridized carbons (Fsp3) is 0.926. The van der Waals surface area contributed by atoms with Crippen molar-refractivity contribution in [1.82, 2.24) is 0 Å². The summed E-state index contributed by atoms with van der Waals surface area (Å²) in [5.41, 5.74) is 0.864. The highest BCUT2D eigenvalue weighted by Gasteiger charge is 2.58. The lowest BCUT2D eigenvalue weighted by Gasteiger charge is -2.57. The third-order valence-corrected chi connectivity index (χ3v) is 9.30. The molecule has 0 radical (unpaired) electrons. The molecule has 0 saturated heterocycles. The smallest absolute Gasteiger partial charge is 0.0543 e. The van der Waals surface area contributed by atoms with Crippen molar-refractivity contribution in [2.24, 2.45) is 46.3 Å². The molecule has 4 aliphatic carbocycles. The Morgan fingerprint density at radius 3 is 2.64 bits per heavy atom. The van der Waals surface area contributed by atoms with Gasteiger partial charge in [-0.2, -0.15) is 0 Å². The second-order valence-corrected chi connectivity index (χ2v) is 11.4. The van der Waals surface area contributed by atoms with Gasteiger partial charge in [0.25, 0.3) is 0 Å². The standard InChI is InChI=1S/C27H46O/c1-18(2)7-6-8-19(3)23-11-12-24-22-10-9-20-17-21(28)13-15-26(20,4)25(22)14-16-27(23,24)5/h10,18-21,23-25,28H,6-9,11-17H2,1-5H3/t19-,20+,21?,23-,24+,25+,26+,27-/m1/s1/i9D,13D,15D,20D/t9-,13?,15?,19+,20-,21?,23+,24-,25-,26-,27+/m0. The minimum atomic E-state index is -1.18. The van der Waals surface area contributed by atoms with E-state index < -0.39 is 36.6 Å². The van der Waals surface area contributed by atoms with Crippen LogP contribution in [0.25, 0.3) is 0 Å². The summed E-state index contributed by atoms with van der Waals surface area (Å²) in [4.78, 5) is 0. The van der Waals surface area contributed by atoms with Gasteiger partial charge in [0.15, 0.2) is 0 Å². The van der Waals surface area contributed by atoms with E-state index in [4.69, 9.17) is 4.11 Å². The Balaban J connectivity index is 1.63. The molecule has 3 fully saturated rings. The predicted octanol–water partition coefficient (Wildman–Crippen LogP) is 7.39.